The van der Waals surface area contributed by atoms with E-state index in [1.165, 1.54) is 24.3 Å². The van der Waals surface area contributed by atoms with Crippen LogP contribution >= 0.6 is 11.8 Å². The van der Waals surface area contributed by atoms with Gasteiger partial charge in [-0.2, -0.15) is 13.2 Å². The van der Waals surface area contributed by atoms with Crippen molar-refractivity contribution in [1.82, 2.24) is 5.32 Å². The molecule has 1 heterocycles. The van der Waals surface area contributed by atoms with Crippen molar-refractivity contribution in [1.29, 1.82) is 0 Å². The summed E-state index contributed by atoms with van der Waals surface area (Å²) in [7, 11) is 0. The van der Waals surface area contributed by atoms with Crippen LogP contribution in [0.3, 0.4) is 0 Å². The van der Waals surface area contributed by atoms with E-state index in [4.69, 9.17) is 0 Å². The predicted octanol–water partition coefficient (Wildman–Crippen LogP) is 3.77. The third-order valence-corrected chi connectivity index (χ3v) is 3.97. The third-order valence-electron chi connectivity index (χ3n) is 3.23. The highest BCUT2D eigenvalue weighted by Gasteiger charge is 2.29. The molecular formula is C14H17F3N2OS. The number of thioether (sulfide) groups is 1. The van der Waals surface area contributed by atoms with Gasteiger partial charge in [-0.3, -0.25) is 4.79 Å². The Balaban J connectivity index is 1.91. The lowest BCUT2D eigenvalue weighted by atomic mass is 10.1. The molecule has 1 aromatic carbocycles. The number of carbonyl (C=O) groups is 1. The minimum absolute atomic E-state index is 0.105. The lowest BCUT2D eigenvalue weighted by molar-refractivity contribution is -0.118. The summed E-state index contributed by atoms with van der Waals surface area (Å²) >= 11 is -0.166. The normalized spacial score (nSPS) is 19.9. The first kappa shape index (κ1) is 16.2. The molecule has 0 bridgehead atoms. The molecule has 1 aromatic rings. The van der Waals surface area contributed by atoms with Crippen molar-refractivity contribution in [2.45, 2.75) is 42.1 Å². The average molecular weight is 318 g/mol. The van der Waals surface area contributed by atoms with Crippen LogP contribution in [0.25, 0.3) is 0 Å². The van der Waals surface area contributed by atoms with E-state index >= 15 is 0 Å². The number of rotatable bonds is 3. The van der Waals surface area contributed by atoms with Crippen LogP contribution in [-0.4, -0.2) is 24.0 Å². The van der Waals surface area contributed by atoms with E-state index in [9.17, 15) is 18.0 Å². The van der Waals surface area contributed by atoms with Gasteiger partial charge in [0.15, 0.2) is 0 Å². The van der Waals surface area contributed by atoms with Gasteiger partial charge in [0, 0.05) is 10.6 Å². The Hall–Kier alpha value is -1.21. The van der Waals surface area contributed by atoms with Crippen molar-refractivity contribution in [2.75, 3.05) is 11.9 Å². The lowest BCUT2D eigenvalue weighted by Crippen LogP contribution is -2.39. The molecule has 2 rings (SSSR count). The largest absolute Gasteiger partial charge is 0.446 e. The molecule has 0 radical (unpaired) electrons. The SMILES string of the molecule is O=C(Nc1ccc(SC(F)(F)F)cc1)C1CCCCCN1. The van der Waals surface area contributed by atoms with Gasteiger partial charge >= 0.3 is 5.51 Å². The summed E-state index contributed by atoms with van der Waals surface area (Å²) in [4.78, 5) is 12.2. The Morgan fingerprint density at radius 2 is 1.90 bits per heavy atom. The molecule has 21 heavy (non-hydrogen) atoms. The maximum Gasteiger partial charge on any atom is 0.446 e. The standard InChI is InChI=1S/C14H17F3N2OS/c15-14(16,17)21-11-7-5-10(6-8-11)19-13(20)12-4-2-1-3-9-18-12/h5-8,12,18H,1-4,9H2,(H,19,20). The second kappa shape index (κ2) is 7.17. The molecule has 0 aromatic heterocycles. The Morgan fingerprint density at radius 3 is 2.57 bits per heavy atom. The highest BCUT2D eigenvalue weighted by atomic mass is 32.2. The molecule has 7 heteroatoms. The van der Waals surface area contributed by atoms with Gasteiger partial charge in [-0.1, -0.05) is 12.8 Å². The average Bonchev–Trinajstić information content (AvgIpc) is 2.68. The van der Waals surface area contributed by atoms with Crippen LogP contribution in [0.2, 0.25) is 0 Å². The zero-order chi connectivity index (χ0) is 15.3. The zero-order valence-corrected chi connectivity index (χ0v) is 12.2. The molecule has 2 N–H and O–H groups in total. The molecule has 0 spiro atoms. The zero-order valence-electron chi connectivity index (χ0n) is 11.4. The second-order valence-corrected chi connectivity index (χ2v) is 6.06. The molecular weight excluding hydrogens is 301 g/mol. The fourth-order valence-corrected chi connectivity index (χ4v) is 2.76. The van der Waals surface area contributed by atoms with Crippen molar-refractivity contribution < 1.29 is 18.0 Å². The van der Waals surface area contributed by atoms with E-state index in [1.807, 2.05) is 0 Å². The summed E-state index contributed by atoms with van der Waals surface area (Å²) in [5, 5.41) is 5.92. The van der Waals surface area contributed by atoms with Crippen LogP contribution in [0, 0.1) is 0 Å². The van der Waals surface area contributed by atoms with Crippen LogP contribution in [-0.2, 0) is 4.79 Å². The van der Waals surface area contributed by atoms with Crippen molar-refractivity contribution in [2.24, 2.45) is 0 Å². The Morgan fingerprint density at radius 1 is 1.19 bits per heavy atom. The smallest absolute Gasteiger partial charge is 0.325 e. The monoisotopic (exact) mass is 318 g/mol. The first-order chi connectivity index (χ1) is 9.94. The van der Waals surface area contributed by atoms with E-state index in [0.717, 1.165) is 32.2 Å². The molecule has 1 unspecified atom stereocenters. The molecule has 1 atom stereocenters. The molecule has 3 nitrogen and oxygen atoms in total. The molecule has 0 saturated carbocycles. The maximum absolute atomic E-state index is 12.2. The van der Waals surface area contributed by atoms with Crippen molar-refractivity contribution in [3.63, 3.8) is 0 Å². The van der Waals surface area contributed by atoms with Gasteiger partial charge in [-0.15, -0.1) is 0 Å². The van der Waals surface area contributed by atoms with Gasteiger partial charge in [0.2, 0.25) is 5.91 Å². The number of hydrogen-bond acceptors (Lipinski definition) is 3. The summed E-state index contributed by atoms with van der Waals surface area (Å²) in [6, 6.07) is 5.46. The summed E-state index contributed by atoms with van der Waals surface area (Å²) in [6.07, 6.45) is 3.97. The summed E-state index contributed by atoms with van der Waals surface area (Å²) in [6.45, 7) is 0.819. The van der Waals surface area contributed by atoms with E-state index in [0.29, 0.717) is 5.69 Å². The second-order valence-electron chi connectivity index (χ2n) is 4.92. The molecule has 1 saturated heterocycles. The van der Waals surface area contributed by atoms with Gasteiger partial charge in [-0.25, -0.2) is 0 Å². The highest BCUT2D eigenvalue weighted by Crippen LogP contribution is 2.37. The van der Waals surface area contributed by atoms with Gasteiger partial charge in [0.25, 0.3) is 0 Å². The number of hydrogen-bond donors (Lipinski definition) is 2. The van der Waals surface area contributed by atoms with Crippen LogP contribution in [0.4, 0.5) is 18.9 Å². The topological polar surface area (TPSA) is 41.1 Å². The maximum atomic E-state index is 12.2. The third kappa shape index (κ3) is 5.59. The number of carbonyl (C=O) groups excluding carboxylic acids is 1. The van der Waals surface area contributed by atoms with E-state index < -0.39 is 5.51 Å². The minimum Gasteiger partial charge on any atom is -0.325 e. The van der Waals surface area contributed by atoms with Crippen LogP contribution in [0.1, 0.15) is 25.7 Å². The van der Waals surface area contributed by atoms with Crippen molar-refractivity contribution in [3.05, 3.63) is 24.3 Å². The number of amides is 1. The molecule has 116 valence electrons. The summed E-state index contributed by atoms with van der Waals surface area (Å²) < 4.78 is 36.7. The lowest BCUT2D eigenvalue weighted by Gasteiger charge is -2.15. The van der Waals surface area contributed by atoms with Gasteiger partial charge in [-0.05, 0) is 55.4 Å². The van der Waals surface area contributed by atoms with Crippen LogP contribution in [0.15, 0.2) is 29.2 Å². The number of halogens is 3. The molecule has 1 fully saturated rings. The van der Waals surface area contributed by atoms with Crippen molar-refractivity contribution in [3.8, 4) is 0 Å². The summed E-state index contributed by atoms with van der Waals surface area (Å²) in [5.74, 6) is -0.131. The molecule has 1 amide bonds. The minimum atomic E-state index is -4.30. The first-order valence-electron chi connectivity index (χ1n) is 6.84. The Bertz CT molecular complexity index is 468. The molecule has 1 aliphatic rings. The van der Waals surface area contributed by atoms with E-state index in [1.54, 1.807) is 0 Å². The predicted molar refractivity (Wildman–Crippen MR) is 77.2 cm³/mol. The number of alkyl halides is 3. The van der Waals surface area contributed by atoms with Gasteiger partial charge < -0.3 is 10.6 Å². The van der Waals surface area contributed by atoms with E-state index in [2.05, 4.69) is 10.6 Å². The van der Waals surface area contributed by atoms with E-state index in [-0.39, 0.29) is 28.6 Å². The fourth-order valence-electron chi connectivity index (χ4n) is 2.22. The molecule has 1 aliphatic heterocycles. The van der Waals surface area contributed by atoms with Crippen molar-refractivity contribution >= 4 is 23.4 Å². The number of anilines is 1. The van der Waals surface area contributed by atoms with Gasteiger partial charge in [0.1, 0.15) is 0 Å². The fraction of sp³-hybridized carbons (Fsp3) is 0.500. The highest BCUT2D eigenvalue weighted by molar-refractivity contribution is 8.00. The summed E-state index contributed by atoms with van der Waals surface area (Å²) in [5.41, 5.74) is -3.78. The first-order valence-corrected chi connectivity index (χ1v) is 7.66. The Labute approximate surface area is 125 Å². The van der Waals surface area contributed by atoms with Gasteiger partial charge in [0.05, 0.1) is 6.04 Å². The Kier molecular flexibility index (Phi) is 5.52. The van der Waals surface area contributed by atoms with Crippen LogP contribution < -0.4 is 10.6 Å². The number of benzene rings is 1. The van der Waals surface area contributed by atoms with Crippen LogP contribution in [0.5, 0.6) is 0 Å². The molecule has 0 aliphatic carbocycles. The quantitative estimate of drug-likeness (QED) is 0.834. The number of nitrogens with one attached hydrogen (secondary N) is 2.